The van der Waals surface area contributed by atoms with Gasteiger partial charge in [-0.15, -0.1) is 0 Å². The van der Waals surface area contributed by atoms with Crippen molar-refractivity contribution in [1.82, 2.24) is 5.32 Å². The van der Waals surface area contributed by atoms with Crippen LogP contribution >= 0.6 is 7.82 Å². The summed E-state index contributed by atoms with van der Waals surface area (Å²) in [6.45, 7) is 4.78. The van der Waals surface area contributed by atoms with E-state index in [0.29, 0.717) is 23.9 Å². The number of hydrogen-bond acceptors (Lipinski definition) is 6. The smallest absolute Gasteiger partial charge is 0.268 e. The zero-order valence-electron chi connectivity index (χ0n) is 49.9. The minimum atomic E-state index is -4.57. The van der Waals surface area contributed by atoms with E-state index in [2.05, 4.69) is 31.3 Å². The van der Waals surface area contributed by atoms with Crippen LogP contribution in [0.5, 0.6) is 0 Å². The number of rotatable bonds is 61. The van der Waals surface area contributed by atoms with Gasteiger partial charge in [0.15, 0.2) is 0 Å². The Morgan fingerprint density at radius 1 is 0.466 bits per heavy atom. The maximum absolute atomic E-state index is 13.0. The molecule has 3 unspecified atom stereocenters. The molecule has 0 aliphatic rings. The third-order valence-corrected chi connectivity index (χ3v) is 16.2. The fourth-order valence-electron chi connectivity index (χ4n) is 10.2. The fourth-order valence-corrected chi connectivity index (χ4v) is 10.9. The topological polar surface area (TPSA) is 108 Å². The molecule has 0 saturated heterocycles. The van der Waals surface area contributed by atoms with E-state index in [0.717, 1.165) is 38.5 Å². The number of allylic oxidation sites excluding steroid dienone is 2. The van der Waals surface area contributed by atoms with Crippen molar-refractivity contribution in [2.75, 3.05) is 40.9 Å². The van der Waals surface area contributed by atoms with E-state index in [9.17, 15) is 19.4 Å². The third kappa shape index (κ3) is 58.8. The number of phosphoric acid groups is 1. The summed E-state index contributed by atoms with van der Waals surface area (Å²) >= 11 is 0. The van der Waals surface area contributed by atoms with Crippen LogP contribution in [0.2, 0.25) is 0 Å². The molecule has 0 bridgehead atoms. The van der Waals surface area contributed by atoms with Crippen molar-refractivity contribution in [3.05, 3.63) is 12.2 Å². The maximum atomic E-state index is 13.0. The number of amides is 1. The molecule has 436 valence electrons. The van der Waals surface area contributed by atoms with E-state index in [1.165, 1.54) is 276 Å². The van der Waals surface area contributed by atoms with Gasteiger partial charge in [0.25, 0.3) is 7.82 Å². The summed E-state index contributed by atoms with van der Waals surface area (Å²) in [7, 11) is 1.32. The van der Waals surface area contributed by atoms with Gasteiger partial charge in [-0.3, -0.25) is 9.36 Å². The highest BCUT2D eigenvalue weighted by molar-refractivity contribution is 7.45. The van der Waals surface area contributed by atoms with Crippen molar-refractivity contribution in [1.29, 1.82) is 0 Å². The molecule has 0 aromatic heterocycles. The van der Waals surface area contributed by atoms with Crippen LogP contribution in [-0.2, 0) is 18.4 Å². The number of unbranched alkanes of at least 4 members (excludes halogenated alkanes) is 46. The molecule has 0 aliphatic heterocycles. The summed E-state index contributed by atoms with van der Waals surface area (Å²) in [5, 5.41) is 14.1. The van der Waals surface area contributed by atoms with Gasteiger partial charge >= 0.3 is 0 Å². The number of nitrogens with one attached hydrogen (secondary N) is 1. The van der Waals surface area contributed by atoms with Gasteiger partial charge in [-0.05, 0) is 38.5 Å². The largest absolute Gasteiger partial charge is 0.756 e. The summed E-state index contributed by atoms with van der Waals surface area (Å²) in [6, 6.07) is -0.799. The number of hydrogen-bond donors (Lipinski definition) is 2. The molecular formula is C64H129N2O6P. The molecule has 0 aromatic carbocycles. The van der Waals surface area contributed by atoms with E-state index < -0.39 is 20.0 Å². The summed E-state index contributed by atoms with van der Waals surface area (Å²) in [4.78, 5) is 25.6. The first kappa shape index (κ1) is 72.2. The first-order valence-electron chi connectivity index (χ1n) is 32.5. The zero-order valence-corrected chi connectivity index (χ0v) is 50.8. The molecule has 0 spiro atoms. The zero-order chi connectivity index (χ0) is 53.5. The SMILES string of the molecule is CCCCCCCCCC/C=C\CCCCCCCCCCCCCCCC(=O)NC(COP(=O)([O-])OCC[N+](C)(C)C)C(O)CCCCCCCCCCCCCCCCCCCCCCCCCCCC. The number of carbonyl (C=O) groups is 1. The van der Waals surface area contributed by atoms with Gasteiger partial charge in [0.2, 0.25) is 5.91 Å². The number of carbonyl (C=O) groups excluding carboxylic acids is 1. The first-order chi connectivity index (χ1) is 35.5. The molecule has 3 atom stereocenters. The fraction of sp³-hybridized carbons (Fsp3) is 0.953. The summed E-state index contributed by atoms with van der Waals surface area (Å²) in [5.74, 6) is -0.157. The summed E-state index contributed by atoms with van der Waals surface area (Å²) in [6.07, 6.45) is 69.8. The predicted octanol–water partition coefficient (Wildman–Crippen LogP) is 19.5. The molecule has 1 amide bonds. The Kier molecular flexibility index (Phi) is 55.4. The number of phosphoric ester groups is 1. The molecule has 0 saturated carbocycles. The number of nitrogens with zero attached hydrogens (tertiary/aromatic N) is 1. The van der Waals surface area contributed by atoms with Gasteiger partial charge in [0, 0.05) is 6.42 Å². The molecule has 0 fully saturated rings. The van der Waals surface area contributed by atoms with E-state index in [-0.39, 0.29) is 19.1 Å². The van der Waals surface area contributed by atoms with Gasteiger partial charge in [-0.2, -0.15) is 0 Å². The van der Waals surface area contributed by atoms with E-state index in [1.54, 1.807) is 0 Å². The molecule has 0 aromatic rings. The summed E-state index contributed by atoms with van der Waals surface area (Å²) in [5.41, 5.74) is 0. The highest BCUT2D eigenvalue weighted by atomic mass is 31.2. The lowest BCUT2D eigenvalue weighted by Crippen LogP contribution is -2.46. The van der Waals surface area contributed by atoms with Gasteiger partial charge < -0.3 is 28.8 Å². The van der Waals surface area contributed by atoms with Crippen LogP contribution in [0.3, 0.4) is 0 Å². The molecule has 0 aliphatic carbocycles. The average Bonchev–Trinajstić information content (AvgIpc) is 3.35. The van der Waals surface area contributed by atoms with Crippen molar-refractivity contribution in [3.63, 3.8) is 0 Å². The van der Waals surface area contributed by atoms with Gasteiger partial charge in [0.05, 0.1) is 39.9 Å². The summed E-state index contributed by atoms with van der Waals surface area (Å²) < 4.78 is 23.5. The van der Waals surface area contributed by atoms with Gasteiger partial charge in [0.1, 0.15) is 13.2 Å². The predicted molar refractivity (Wildman–Crippen MR) is 316 cm³/mol. The maximum Gasteiger partial charge on any atom is 0.268 e. The lowest BCUT2D eigenvalue weighted by molar-refractivity contribution is -0.870. The number of quaternary nitrogens is 1. The van der Waals surface area contributed by atoms with Crippen molar-refractivity contribution >= 4 is 13.7 Å². The van der Waals surface area contributed by atoms with Crippen LogP contribution in [-0.4, -0.2) is 68.5 Å². The second kappa shape index (κ2) is 56.0. The van der Waals surface area contributed by atoms with Crippen molar-refractivity contribution in [2.24, 2.45) is 0 Å². The highest BCUT2D eigenvalue weighted by Gasteiger charge is 2.24. The van der Waals surface area contributed by atoms with Crippen LogP contribution in [0, 0.1) is 0 Å². The monoisotopic (exact) mass is 1050 g/mol. The van der Waals surface area contributed by atoms with E-state index in [4.69, 9.17) is 9.05 Å². The number of aliphatic hydroxyl groups excluding tert-OH is 1. The van der Waals surface area contributed by atoms with E-state index in [1.807, 2.05) is 21.1 Å². The molecule has 2 N–H and O–H groups in total. The van der Waals surface area contributed by atoms with Gasteiger partial charge in [-0.1, -0.05) is 309 Å². The molecule has 9 heteroatoms. The lowest BCUT2D eigenvalue weighted by Gasteiger charge is -2.30. The van der Waals surface area contributed by atoms with Gasteiger partial charge in [-0.25, -0.2) is 0 Å². The lowest BCUT2D eigenvalue weighted by atomic mass is 10.0. The minimum absolute atomic E-state index is 0.0152. The quantitative estimate of drug-likeness (QED) is 0.0272. The number of aliphatic hydroxyl groups is 1. The van der Waals surface area contributed by atoms with Crippen LogP contribution in [0.25, 0.3) is 0 Å². The molecule has 0 rings (SSSR count). The standard InChI is InChI=1S/C64H129N2O6P/c1-6-8-10-12-14-16-18-20-22-24-26-28-30-32-34-35-37-39-41-43-45-47-49-51-53-55-57-63(67)62(61-72-73(69,70)71-60-59-66(3,4)5)65-64(68)58-56-54-52-50-48-46-44-42-40-38-36-33-31-29-27-25-23-21-19-17-15-13-11-9-7-2/h25,27,62-63,67H,6-24,26,28-61H2,1-5H3,(H-,65,68,69,70)/b27-25-. The Labute approximate surface area is 456 Å². The Balaban J connectivity index is 4.06. The van der Waals surface area contributed by atoms with Crippen LogP contribution in [0.15, 0.2) is 12.2 Å². The molecule has 0 radical (unpaired) electrons. The Morgan fingerprint density at radius 3 is 1.07 bits per heavy atom. The average molecular weight is 1050 g/mol. The third-order valence-electron chi connectivity index (χ3n) is 15.3. The van der Waals surface area contributed by atoms with Crippen molar-refractivity contribution in [3.8, 4) is 0 Å². The second-order valence-electron chi connectivity index (χ2n) is 23.8. The first-order valence-corrected chi connectivity index (χ1v) is 34.0. The molecule has 0 heterocycles. The van der Waals surface area contributed by atoms with Crippen LogP contribution in [0.4, 0.5) is 0 Å². The minimum Gasteiger partial charge on any atom is -0.756 e. The van der Waals surface area contributed by atoms with Crippen LogP contribution in [0.1, 0.15) is 341 Å². The van der Waals surface area contributed by atoms with Crippen LogP contribution < -0.4 is 10.2 Å². The normalized spacial score (nSPS) is 13.8. The number of likely N-dealkylation sites (N-methyl/N-ethyl adjacent to an activating group) is 1. The van der Waals surface area contributed by atoms with Crippen molar-refractivity contribution < 1.29 is 32.9 Å². The molecule has 73 heavy (non-hydrogen) atoms. The Hall–Kier alpha value is -0.760. The molecular weight excluding hydrogens is 924 g/mol. The molecule has 8 nitrogen and oxygen atoms in total. The second-order valence-corrected chi connectivity index (χ2v) is 25.2. The Morgan fingerprint density at radius 2 is 0.753 bits per heavy atom. The van der Waals surface area contributed by atoms with E-state index >= 15 is 0 Å². The highest BCUT2D eigenvalue weighted by Crippen LogP contribution is 2.38. The van der Waals surface area contributed by atoms with Crippen molar-refractivity contribution in [2.45, 2.75) is 353 Å². The Bertz CT molecular complexity index is 1200.